The van der Waals surface area contributed by atoms with E-state index in [2.05, 4.69) is 6.58 Å². The van der Waals surface area contributed by atoms with Crippen molar-refractivity contribution in [1.82, 2.24) is 0 Å². The minimum atomic E-state index is 0.0570. The molecule has 0 saturated carbocycles. The van der Waals surface area contributed by atoms with Crippen LogP contribution in [0.1, 0.15) is 25.0 Å². The minimum absolute atomic E-state index is 0.0570. The van der Waals surface area contributed by atoms with E-state index < -0.39 is 0 Å². The topological polar surface area (TPSA) is 17.1 Å². The normalized spacial score (nSPS) is 10.4. The van der Waals surface area contributed by atoms with Gasteiger partial charge in [0.05, 0.1) is 0 Å². The molecule has 0 aliphatic carbocycles. The Morgan fingerprint density at radius 3 is 2.50 bits per heavy atom. The van der Waals surface area contributed by atoms with E-state index in [0.29, 0.717) is 0 Å². The van der Waals surface area contributed by atoms with Gasteiger partial charge in [-0.25, -0.2) is 0 Å². The fraction of sp³-hybridized carbons (Fsp3) is 0.154. The summed E-state index contributed by atoms with van der Waals surface area (Å²) in [6.07, 6.45) is 3.40. The van der Waals surface area contributed by atoms with Crippen molar-refractivity contribution in [1.29, 1.82) is 0 Å². The fourth-order valence-electron chi connectivity index (χ4n) is 1.24. The van der Waals surface area contributed by atoms with Gasteiger partial charge in [-0.15, -0.1) is 0 Å². The number of hydrogen-bond donors (Lipinski definition) is 0. The van der Waals surface area contributed by atoms with Gasteiger partial charge in [0.15, 0.2) is 5.78 Å². The summed E-state index contributed by atoms with van der Waals surface area (Å²) in [5, 5.41) is 0. The van der Waals surface area contributed by atoms with Gasteiger partial charge < -0.3 is 0 Å². The van der Waals surface area contributed by atoms with Gasteiger partial charge in [0.1, 0.15) is 0 Å². The number of benzene rings is 1. The molecule has 1 nitrogen and oxygen atoms in total. The minimum Gasteiger partial charge on any atom is -0.295 e. The Morgan fingerprint density at radius 2 is 1.93 bits per heavy atom. The SMILES string of the molecule is C=C(C)c1ccccc1/C=C/C(C)=O. The monoisotopic (exact) mass is 186 g/mol. The van der Waals surface area contributed by atoms with E-state index in [0.717, 1.165) is 16.7 Å². The first-order chi connectivity index (χ1) is 6.61. The number of carbonyl (C=O) groups is 1. The van der Waals surface area contributed by atoms with Gasteiger partial charge in [0.2, 0.25) is 0 Å². The zero-order valence-corrected chi connectivity index (χ0v) is 8.58. The largest absolute Gasteiger partial charge is 0.295 e. The molecule has 0 fully saturated rings. The van der Waals surface area contributed by atoms with Gasteiger partial charge in [-0.3, -0.25) is 4.79 Å². The molecule has 0 amide bonds. The second-order valence-electron chi connectivity index (χ2n) is 3.31. The third-order valence-electron chi connectivity index (χ3n) is 1.92. The number of hydrogen-bond acceptors (Lipinski definition) is 1. The molecule has 1 rings (SSSR count). The second-order valence-corrected chi connectivity index (χ2v) is 3.31. The molecule has 0 saturated heterocycles. The zero-order valence-electron chi connectivity index (χ0n) is 8.58. The molecule has 1 aromatic rings. The summed E-state index contributed by atoms with van der Waals surface area (Å²) in [5.74, 6) is 0.0570. The lowest BCUT2D eigenvalue weighted by molar-refractivity contribution is -0.112. The number of ketones is 1. The van der Waals surface area contributed by atoms with Crippen molar-refractivity contribution in [3.05, 3.63) is 48.0 Å². The first-order valence-corrected chi connectivity index (χ1v) is 4.55. The highest BCUT2D eigenvalue weighted by molar-refractivity contribution is 5.92. The molecule has 1 aromatic carbocycles. The van der Waals surface area contributed by atoms with E-state index in [4.69, 9.17) is 0 Å². The third-order valence-corrected chi connectivity index (χ3v) is 1.92. The van der Waals surface area contributed by atoms with Crippen LogP contribution in [0.3, 0.4) is 0 Å². The van der Waals surface area contributed by atoms with Gasteiger partial charge in [-0.1, -0.05) is 42.5 Å². The van der Waals surface area contributed by atoms with E-state index in [1.165, 1.54) is 0 Å². The molecule has 0 radical (unpaired) electrons. The Hall–Kier alpha value is -1.63. The van der Waals surface area contributed by atoms with E-state index >= 15 is 0 Å². The summed E-state index contributed by atoms with van der Waals surface area (Å²) < 4.78 is 0. The molecule has 0 atom stereocenters. The van der Waals surface area contributed by atoms with Crippen LogP contribution in [0.25, 0.3) is 11.6 Å². The lowest BCUT2D eigenvalue weighted by atomic mass is 10.0. The van der Waals surface area contributed by atoms with Crippen LogP contribution in [0.2, 0.25) is 0 Å². The molecule has 0 aliphatic rings. The summed E-state index contributed by atoms with van der Waals surface area (Å²) >= 11 is 0. The molecule has 0 unspecified atom stereocenters. The van der Waals surface area contributed by atoms with Gasteiger partial charge >= 0.3 is 0 Å². The van der Waals surface area contributed by atoms with E-state index in [-0.39, 0.29) is 5.78 Å². The molecule has 0 bridgehead atoms. The molecular formula is C13H14O. The molecule has 72 valence electrons. The Bertz CT molecular complexity index is 386. The Balaban J connectivity index is 3.07. The highest BCUT2D eigenvalue weighted by Crippen LogP contribution is 2.18. The quantitative estimate of drug-likeness (QED) is 0.662. The Morgan fingerprint density at radius 1 is 1.29 bits per heavy atom. The summed E-state index contributed by atoms with van der Waals surface area (Å²) in [4.78, 5) is 10.8. The first kappa shape index (κ1) is 10.5. The van der Waals surface area contributed by atoms with E-state index in [1.54, 1.807) is 13.0 Å². The lowest BCUT2D eigenvalue weighted by Gasteiger charge is -2.03. The van der Waals surface area contributed by atoms with Crippen molar-refractivity contribution in [3.8, 4) is 0 Å². The molecule has 1 heteroatoms. The lowest BCUT2D eigenvalue weighted by Crippen LogP contribution is -1.85. The molecule has 0 aromatic heterocycles. The Labute approximate surface area is 84.8 Å². The van der Waals surface area contributed by atoms with Crippen molar-refractivity contribution in [3.63, 3.8) is 0 Å². The van der Waals surface area contributed by atoms with Crippen LogP contribution >= 0.6 is 0 Å². The summed E-state index contributed by atoms with van der Waals surface area (Å²) in [6, 6.07) is 7.90. The van der Waals surface area contributed by atoms with Crippen LogP contribution in [-0.4, -0.2) is 5.78 Å². The van der Waals surface area contributed by atoms with Crippen LogP contribution in [0.15, 0.2) is 36.9 Å². The third kappa shape index (κ3) is 2.70. The average molecular weight is 186 g/mol. The molecule has 0 aliphatic heterocycles. The summed E-state index contributed by atoms with van der Waals surface area (Å²) in [6.45, 7) is 7.39. The highest BCUT2D eigenvalue weighted by atomic mass is 16.1. The maximum atomic E-state index is 10.8. The number of rotatable bonds is 3. The number of carbonyl (C=O) groups excluding carboxylic acids is 1. The molecule has 0 spiro atoms. The van der Waals surface area contributed by atoms with Crippen molar-refractivity contribution in [2.75, 3.05) is 0 Å². The van der Waals surface area contributed by atoms with Crippen LogP contribution in [0, 0.1) is 0 Å². The van der Waals surface area contributed by atoms with Crippen LogP contribution < -0.4 is 0 Å². The maximum Gasteiger partial charge on any atom is 0.152 e. The van der Waals surface area contributed by atoms with Crippen molar-refractivity contribution < 1.29 is 4.79 Å². The summed E-state index contributed by atoms with van der Waals surface area (Å²) in [5.41, 5.74) is 3.13. The predicted octanol–water partition coefficient (Wildman–Crippen LogP) is 3.32. The second kappa shape index (κ2) is 4.56. The summed E-state index contributed by atoms with van der Waals surface area (Å²) in [7, 11) is 0. The van der Waals surface area contributed by atoms with Crippen molar-refractivity contribution in [2.45, 2.75) is 13.8 Å². The van der Waals surface area contributed by atoms with Gasteiger partial charge in [0, 0.05) is 0 Å². The smallest absolute Gasteiger partial charge is 0.152 e. The van der Waals surface area contributed by atoms with Crippen molar-refractivity contribution in [2.24, 2.45) is 0 Å². The molecular weight excluding hydrogens is 172 g/mol. The van der Waals surface area contributed by atoms with E-state index in [1.807, 2.05) is 37.3 Å². The van der Waals surface area contributed by atoms with Crippen molar-refractivity contribution >= 4 is 17.4 Å². The van der Waals surface area contributed by atoms with Gasteiger partial charge in [-0.05, 0) is 31.1 Å². The van der Waals surface area contributed by atoms with E-state index in [9.17, 15) is 4.79 Å². The fourth-order valence-corrected chi connectivity index (χ4v) is 1.24. The van der Waals surface area contributed by atoms with Crippen LogP contribution in [0.4, 0.5) is 0 Å². The highest BCUT2D eigenvalue weighted by Gasteiger charge is 1.98. The zero-order chi connectivity index (χ0) is 10.6. The van der Waals surface area contributed by atoms with Crippen LogP contribution in [0.5, 0.6) is 0 Å². The average Bonchev–Trinajstić information content (AvgIpc) is 2.15. The number of allylic oxidation sites excluding steroid dienone is 2. The predicted molar refractivity (Wildman–Crippen MR) is 60.9 cm³/mol. The first-order valence-electron chi connectivity index (χ1n) is 4.55. The standard InChI is InChI=1S/C13H14O/c1-10(2)13-7-5-4-6-12(13)9-8-11(3)14/h4-9H,1H2,2-3H3/b9-8+. The maximum absolute atomic E-state index is 10.8. The van der Waals surface area contributed by atoms with Gasteiger partial charge in [0.25, 0.3) is 0 Å². The molecule has 0 heterocycles. The molecule has 0 N–H and O–H groups in total. The van der Waals surface area contributed by atoms with Gasteiger partial charge in [-0.2, -0.15) is 0 Å². The molecule has 14 heavy (non-hydrogen) atoms. The Kier molecular flexibility index (Phi) is 3.41. The van der Waals surface area contributed by atoms with Crippen LogP contribution in [-0.2, 0) is 4.79 Å².